The number of carbonyl (C=O) groups is 4. The van der Waals surface area contributed by atoms with E-state index in [0.29, 0.717) is 30.4 Å². The number of alkyl carbamates (subject to hydrolysis) is 2. The number of amides is 4. The predicted octanol–water partition coefficient (Wildman–Crippen LogP) is 6.15. The summed E-state index contributed by atoms with van der Waals surface area (Å²) in [5.41, 5.74) is 5.15. The predicted molar refractivity (Wildman–Crippen MR) is 208 cm³/mol. The van der Waals surface area contributed by atoms with Gasteiger partial charge < -0.3 is 39.9 Å². The average molecular weight is 762 g/mol. The first kappa shape index (κ1) is 37.0. The zero-order valence-corrected chi connectivity index (χ0v) is 31.8. The molecule has 1 aliphatic carbocycles. The number of H-pyrrole nitrogens is 2. The molecule has 4 unspecified atom stereocenters. The van der Waals surface area contributed by atoms with Gasteiger partial charge in [-0.25, -0.2) is 24.5 Å². The highest BCUT2D eigenvalue weighted by Crippen LogP contribution is 2.37. The van der Waals surface area contributed by atoms with E-state index in [-0.39, 0.29) is 29.8 Å². The fourth-order valence-corrected chi connectivity index (χ4v) is 8.69. The molecule has 3 aromatic heterocycles. The van der Waals surface area contributed by atoms with Crippen molar-refractivity contribution in [1.82, 2.24) is 45.4 Å². The third-order valence-corrected chi connectivity index (χ3v) is 11.6. The molecule has 4 N–H and O–H groups in total. The molecule has 292 valence electrons. The molecule has 0 radical (unpaired) electrons. The molecule has 15 heteroatoms. The van der Waals surface area contributed by atoms with Gasteiger partial charge in [-0.15, -0.1) is 0 Å². The van der Waals surface area contributed by atoms with Crippen molar-refractivity contribution in [2.75, 3.05) is 27.3 Å². The largest absolute Gasteiger partial charge is 0.453 e. The van der Waals surface area contributed by atoms with E-state index < -0.39 is 24.3 Å². The van der Waals surface area contributed by atoms with E-state index in [4.69, 9.17) is 14.7 Å². The van der Waals surface area contributed by atoms with E-state index in [1.807, 2.05) is 17.2 Å². The number of aromatic nitrogens is 5. The van der Waals surface area contributed by atoms with Crippen molar-refractivity contribution in [2.24, 2.45) is 5.92 Å². The summed E-state index contributed by atoms with van der Waals surface area (Å²) in [6.45, 7) is 2.84. The number of nitrogens with one attached hydrogen (secondary N) is 4. The van der Waals surface area contributed by atoms with Gasteiger partial charge in [-0.1, -0.05) is 37.1 Å². The number of aromatic amines is 2. The van der Waals surface area contributed by atoms with Crippen molar-refractivity contribution in [3.05, 3.63) is 66.5 Å². The smallest absolute Gasteiger partial charge is 0.407 e. The lowest BCUT2D eigenvalue weighted by molar-refractivity contribution is -0.136. The Hall–Kier alpha value is -5.99. The van der Waals surface area contributed by atoms with E-state index in [0.717, 1.165) is 90.0 Å². The molecule has 8 rings (SSSR count). The van der Waals surface area contributed by atoms with Crippen LogP contribution in [0.4, 0.5) is 9.59 Å². The minimum Gasteiger partial charge on any atom is -0.453 e. The van der Waals surface area contributed by atoms with Gasteiger partial charge in [0.25, 0.3) is 0 Å². The molecule has 56 heavy (non-hydrogen) atoms. The fourth-order valence-electron chi connectivity index (χ4n) is 8.69. The van der Waals surface area contributed by atoms with Crippen LogP contribution in [0, 0.1) is 5.92 Å². The third kappa shape index (κ3) is 7.25. The highest BCUT2D eigenvalue weighted by Gasteiger charge is 2.40. The molecule has 4 amide bonds. The number of carbonyl (C=O) groups excluding carboxylic acids is 4. The number of benzene rings is 2. The van der Waals surface area contributed by atoms with Crippen LogP contribution in [-0.2, 0) is 19.1 Å². The van der Waals surface area contributed by atoms with Gasteiger partial charge in [0.2, 0.25) is 11.8 Å². The molecule has 2 aliphatic heterocycles. The molecular formula is C41H47N9O6. The van der Waals surface area contributed by atoms with Gasteiger partial charge in [0.1, 0.15) is 23.7 Å². The summed E-state index contributed by atoms with van der Waals surface area (Å²) < 4.78 is 9.53. The second kappa shape index (κ2) is 15.6. The van der Waals surface area contributed by atoms with Crippen molar-refractivity contribution in [1.29, 1.82) is 0 Å². The SMILES string of the molecule is COC(=O)NC(C)C(=O)N1CCCC1c1ncc(-c2ccc3cc(-c4cnc5nc(C6CCCN6C(=O)C(NC(=O)OC)C6CCCC6)[nH]c5c4)ccc3c2)[nH]1. The standard InChI is InChI=1S/C41H47N9O6/c1-23(44-40(53)55-2)38(51)49-16-6-10-32(49)36-43-22-31(46-36)28-15-14-25-18-27(13-12-26(25)19-28)29-20-30-35(42-21-29)48-37(45-30)33-11-7-17-50(33)39(52)34(47-41(54)56-3)24-8-4-5-9-24/h12-15,18-24,32-34H,4-11,16-17H2,1-3H3,(H,43,46)(H,44,53)(H,47,54)(H,42,45,48). The van der Waals surface area contributed by atoms with E-state index >= 15 is 0 Å². The summed E-state index contributed by atoms with van der Waals surface area (Å²) in [5, 5.41) is 7.52. The number of fused-ring (bicyclic) bond motifs is 2. The first-order chi connectivity index (χ1) is 27.2. The Labute approximate surface area is 323 Å². The minimum atomic E-state index is -0.712. The van der Waals surface area contributed by atoms with Gasteiger partial charge in [-0.2, -0.15) is 0 Å². The van der Waals surface area contributed by atoms with Crippen LogP contribution in [-0.4, -0.2) is 98.1 Å². The zero-order valence-electron chi connectivity index (χ0n) is 31.8. The molecule has 5 heterocycles. The van der Waals surface area contributed by atoms with Crippen molar-refractivity contribution in [3.63, 3.8) is 0 Å². The van der Waals surface area contributed by atoms with Crippen LogP contribution in [0.2, 0.25) is 0 Å². The molecular weight excluding hydrogens is 715 g/mol. The van der Waals surface area contributed by atoms with Crippen LogP contribution in [0.5, 0.6) is 0 Å². The molecule has 4 atom stereocenters. The average Bonchev–Trinajstić information content (AvgIpc) is 4.07. The topological polar surface area (TPSA) is 188 Å². The number of imidazole rings is 2. The molecule has 2 aromatic carbocycles. The number of nitrogens with zero attached hydrogens (tertiary/aromatic N) is 5. The van der Waals surface area contributed by atoms with Gasteiger partial charge >= 0.3 is 12.2 Å². The van der Waals surface area contributed by atoms with Crippen molar-refractivity contribution in [2.45, 2.75) is 82.5 Å². The van der Waals surface area contributed by atoms with Crippen molar-refractivity contribution in [3.8, 4) is 22.4 Å². The van der Waals surface area contributed by atoms with Crippen molar-refractivity contribution < 1.29 is 28.7 Å². The number of pyridine rings is 1. The van der Waals surface area contributed by atoms with Crippen molar-refractivity contribution >= 4 is 45.9 Å². The maximum absolute atomic E-state index is 13.9. The molecule has 3 fully saturated rings. The van der Waals surface area contributed by atoms with Crippen LogP contribution < -0.4 is 10.6 Å². The Kier molecular flexibility index (Phi) is 10.3. The summed E-state index contributed by atoms with van der Waals surface area (Å²) in [6.07, 6.45) is 9.55. The minimum absolute atomic E-state index is 0.0837. The summed E-state index contributed by atoms with van der Waals surface area (Å²) in [4.78, 5) is 75.7. The number of rotatable bonds is 9. The summed E-state index contributed by atoms with van der Waals surface area (Å²) in [7, 11) is 2.59. The second-order valence-corrected chi connectivity index (χ2v) is 15.1. The molecule has 15 nitrogen and oxygen atoms in total. The highest BCUT2D eigenvalue weighted by molar-refractivity contribution is 5.91. The Bertz CT molecular complexity index is 2280. The fraction of sp³-hybridized carbons (Fsp3) is 0.439. The van der Waals surface area contributed by atoms with Crippen LogP contribution in [0.1, 0.15) is 82.0 Å². The maximum Gasteiger partial charge on any atom is 0.407 e. The van der Waals surface area contributed by atoms with Gasteiger partial charge in [-0.3, -0.25) is 9.59 Å². The summed E-state index contributed by atoms with van der Waals surface area (Å²) in [6, 6.07) is 12.8. The Balaban J connectivity index is 0.979. The first-order valence-corrected chi connectivity index (χ1v) is 19.5. The number of ether oxygens (including phenoxy) is 2. The monoisotopic (exact) mass is 761 g/mol. The number of hydrogen-bond donors (Lipinski definition) is 4. The number of methoxy groups -OCH3 is 2. The van der Waals surface area contributed by atoms with E-state index in [1.165, 1.54) is 14.2 Å². The quantitative estimate of drug-likeness (QED) is 0.137. The van der Waals surface area contributed by atoms with Gasteiger partial charge in [0.15, 0.2) is 5.65 Å². The zero-order chi connectivity index (χ0) is 38.9. The summed E-state index contributed by atoms with van der Waals surface area (Å²) >= 11 is 0. The molecule has 0 bridgehead atoms. The van der Waals surface area contributed by atoms with E-state index in [2.05, 4.69) is 66.7 Å². The summed E-state index contributed by atoms with van der Waals surface area (Å²) in [5.74, 6) is 1.25. The van der Waals surface area contributed by atoms with Crippen LogP contribution in [0.3, 0.4) is 0 Å². The molecule has 1 saturated carbocycles. The van der Waals surface area contributed by atoms with Gasteiger partial charge in [0.05, 0.1) is 43.7 Å². The lowest BCUT2D eigenvalue weighted by Gasteiger charge is -2.31. The Morgan fingerprint density at radius 1 is 0.714 bits per heavy atom. The number of hydrogen-bond acceptors (Lipinski definition) is 9. The van der Waals surface area contributed by atoms with Crippen LogP contribution in [0.15, 0.2) is 54.9 Å². The van der Waals surface area contributed by atoms with Gasteiger partial charge in [-0.05, 0) is 85.9 Å². The Morgan fingerprint density at radius 3 is 2.07 bits per heavy atom. The molecule has 3 aliphatic rings. The second-order valence-electron chi connectivity index (χ2n) is 15.1. The first-order valence-electron chi connectivity index (χ1n) is 19.5. The number of likely N-dealkylation sites (tertiary alicyclic amines) is 2. The highest BCUT2D eigenvalue weighted by atomic mass is 16.5. The lowest BCUT2D eigenvalue weighted by Crippen LogP contribution is -2.51. The van der Waals surface area contributed by atoms with E-state index in [9.17, 15) is 19.2 Å². The molecule has 5 aromatic rings. The third-order valence-electron chi connectivity index (χ3n) is 11.6. The normalized spacial score (nSPS) is 19.7. The maximum atomic E-state index is 13.9. The van der Waals surface area contributed by atoms with Gasteiger partial charge in [0, 0.05) is 30.4 Å². The van der Waals surface area contributed by atoms with Crippen LogP contribution in [0.25, 0.3) is 44.3 Å². The molecule has 2 saturated heterocycles. The van der Waals surface area contributed by atoms with E-state index in [1.54, 1.807) is 18.0 Å². The lowest BCUT2D eigenvalue weighted by atomic mass is 9.96. The van der Waals surface area contributed by atoms with Crippen LogP contribution >= 0.6 is 0 Å². The molecule has 0 spiro atoms. The Morgan fingerprint density at radius 2 is 1.36 bits per heavy atom.